The molecule has 0 bridgehead atoms. The average molecular weight is 330 g/mol. The molecule has 2 aromatic rings. The van der Waals surface area contributed by atoms with E-state index in [1.807, 2.05) is 43.3 Å². The minimum Gasteiger partial charge on any atom is -0.294 e. The van der Waals surface area contributed by atoms with Crippen LogP contribution in [0.1, 0.15) is 27.9 Å². The molecule has 0 amide bonds. The quantitative estimate of drug-likeness (QED) is 0.570. The molecule has 0 fully saturated rings. The average Bonchev–Trinajstić information content (AvgIpc) is 2.42. The van der Waals surface area contributed by atoms with Crippen LogP contribution in [-0.4, -0.2) is 12.0 Å². The summed E-state index contributed by atoms with van der Waals surface area (Å²) >= 11 is 3.35. The van der Waals surface area contributed by atoms with Gasteiger partial charge in [-0.1, -0.05) is 45.8 Å². The summed E-state index contributed by atoms with van der Waals surface area (Å²) in [5.41, 5.74) is 3.96. The van der Waals surface area contributed by atoms with E-state index < -0.39 is 0 Å². The van der Waals surface area contributed by atoms with Crippen LogP contribution in [0.5, 0.6) is 0 Å². The standard InChI is InChI=1S/C17H16BrNO/c1-12-3-8-16(13(2)11-12)19-10-9-17(20)14-4-6-15(18)7-5-14/h3-8,10-11H,9H2,1-2H3. The van der Waals surface area contributed by atoms with Gasteiger partial charge in [0.2, 0.25) is 0 Å². The Bertz CT molecular complexity index is 645. The zero-order valence-electron chi connectivity index (χ0n) is 11.6. The molecule has 20 heavy (non-hydrogen) atoms. The van der Waals surface area contributed by atoms with Gasteiger partial charge < -0.3 is 0 Å². The molecule has 0 spiro atoms. The lowest BCUT2D eigenvalue weighted by Gasteiger charge is -2.01. The third-order valence-corrected chi connectivity index (χ3v) is 3.55. The molecular formula is C17H16BrNO. The molecule has 0 aliphatic heterocycles. The lowest BCUT2D eigenvalue weighted by atomic mass is 10.1. The van der Waals surface area contributed by atoms with Crippen molar-refractivity contribution in [1.29, 1.82) is 0 Å². The summed E-state index contributed by atoms with van der Waals surface area (Å²) in [6.45, 7) is 4.08. The van der Waals surface area contributed by atoms with E-state index >= 15 is 0 Å². The van der Waals surface area contributed by atoms with Crippen LogP contribution < -0.4 is 0 Å². The van der Waals surface area contributed by atoms with E-state index in [2.05, 4.69) is 33.9 Å². The van der Waals surface area contributed by atoms with Gasteiger partial charge in [-0.3, -0.25) is 9.79 Å². The van der Waals surface area contributed by atoms with Gasteiger partial charge in [0.25, 0.3) is 0 Å². The van der Waals surface area contributed by atoms with Gasteiger partial charge in [-0.25, -0.2) is 0 Å². The number of carbonyl (C=O) groups is 1. The lowest BCUT2D eigenvalue weighted by Crippen LogP contribution is -1.98. The van der Waals surface area contributed by atoms with Crippen molar-refractivity contribution < 1.29 is 4.79 Å². The Morgan fingerprint density at radius 1 is 1.15 bits per heavy atom. The molecule has 3 heteroatoms. The van der Waals surface area contributed by atoms with E-state index in [0.29, 0.717) is 12.0 Å². The van der Waals surface area contributed by atoms with E-state index in [4.69, 9.17) is 0 Å². The molecule has 0 N–H and O–H groups in total. The normalized spacial score (nSPS) is 10.9. The summed E-state index contributed by atoms with van der Waals surface area (Å²) in [6.07, 6.45) is 2.00. The highest BCUT2D eigenvalue weighted by Crippen LogP contribution is 2.19. The number of hydrogen-bond acceptors (Lipinski definition) is 2. The zero-order valence-corrected chi connectivity index (χ0v) is 13.1. The molecule has 2 rings (SSSR count). The molecule has 2 aromatic carbocycles. The van der Waals surface area contributed by atoms with Crippen molar-refractivity contribution in [3.8, 4) is 0 Å². The Morgan fingerprint density at radius 2 is 1.85 bits per heavy atom. The van der Waals surface area contributed by atoms with Crippen LogP contribution in [0.3, 0.4) is 0 Å². The van der Waals surface area contributed by atoms with E-state index in [1.165, 1.54) is 5.56 Å². The number of carbonyl (C=O) groups excluding carboxylic acids is 1. The number of hydrogen-bond donors (Lipinski definition) is 0. The minimum absolute atomic E-state index is 0.0750. The molecule has 0 heterocycles. The van der Waals surface area contributed by atoms with E-state index in [1.54, 1.807) is 6.21 Å². The Hall–Kier alpha value is -1.74. The maximum absolute atomic E-state index is 12.0. The second-order valence-electron chi connectivity index (χ2n) is 4.74. The Balaban J connectivity index is 2.02. The van der Waals surface area contributed by atoms with Crippen molar-refractivity contribution in [1.82, 2.24) is 0 Å². The largest absolute Gasteiger partial charge is 0.294 e. The number of aliphatic imine (C=N–C) groups is 1. The zero-order chi connectivity index (χ0) is 14.5. The monoisotopic (exact) mass is 329 g/mol. The molecule has 0 radical (unpaired) electrons. The van der Waals surface area contributed by atoms with Gasteiger partial charge in [-0.05, 0) is 37.6 Å². The van der Waals surface area contributed by atoms with E-state index in [-0.39, 0.29) is 5.78 Å². The van der Waals surface area contributed by atoms with Gasteiger partial charge in [0.1, 0.15) is 0 Å². The Labute approximate surface area is 127 Å². The fraction of sp³-hybridized carbons (Fsp3) is 0.176. The third-order valence-electron chi connectivity index (χ3n) is 3.03. The van der Waals surface area contributed by atoms with Crippen LogP contribution in [-0.2, 0) is 0 Å². The third kappa shape index (κ3) is 3.87. The van der Waals surface area contributed by atoms with Gasteiger partial charge in [0.15, 0.2) is 5.78 Å². The lowest BCUT2D eigenvalue weighted by molar-refractivity contribution is 0.100. The van der Waals surface area contributed by atoms with Crippen molar-refractivity contribution in [2.24, 2.45) is 4.99 Å². The number of aryl methyl sites for hydroxylation is 2. The molecule has 0 aliphatic carbocycles. The molecule has 0 aromatic heterocycles. The minimum atomic E-state index is 0.0750. The molecule has 0 saturated heterocycles. The van der Waals surface area contributed by atoms with Crippen molar-refractivity contribution in [2.75, 3.05) is 0 Å². The van der Waals surface area contributed by atoms with Crippen LogP contribution >= 0.6 is 15.9 Å². The van der Waals surface area contributed by atoms with Crippen LogP contribution in [0.2, 0.25) is 0 Å². The van der Waals surface area contributed by atoms with Gasteiger partial charge in [0.05, 0.1) is 5.69 Å². The molecule has 0 atom stereocenters. The fourth-order valence-corrected chi connectivity index (χ4v) is 2.20. The van der Waals surface area contributed by atoms with Crippen molar-refractivity contribution >= 4 is 33.6 Å². The summed E-state index contributed by atoms with van der Waals surface area (Å²) < 4.78 is 0.970. The first-order valence-corrected chi connectivity index (χ1v) is 7.24. The van der Waals surface area contributed by atoms with Crippen LogP contribution in [0, 0.1) is 13.8 Å². The molecule has 0 aliphatic rings. The summed E-state index contributed by atoms with van der Waals surface area (Å²) in [5, 5.41) is 0. The van der Waals surface area contributed by atoms with Gasteiger partial charge >= 0.3 is 0 Å². The van der Waals surface area contributed by atoms with Crippen LogP contribution in [0.15, 0.2) is 51.9 Å². The number of rotatable bonds is 4. The maximum Gasteiger partial charge on any atom is 0.168 e. The van der Waals surface area contributed by atoms with Crippen LogP contribution in [0.4, 0.5) is 5.69 Å². The van der Waals surface area contributed by atoms with Gasteiger partial charge in [-0.2, -0.15) is 0 Å². The SMILES string of the molecule is Cc1ccc(N=CCC(=O)c2ccc(Br)cc2)c(C)c1. The van der Waals surface area contributed by atoms with Crippen molar-refractivity contribution in [3.63, 3.8) is 0 Å². The molecular weight excluding hydrogens is 314 g/mol. The summed E-state index contributed by atoms with van der Waals surface area (Å²) in [7, 11) is 0. The second kappa shape index (κ2) is 6.62. The van der Waals surface area contributed by atoms with Gasteiger partial charge in [0, 0.05) is 22.7 Å². The molecule has 0 unspecified atom stereocenters. The predicted molar refractivity (Wildman–Crippen MR) is 87.2 cm³/mol. The first-order valence-electron chi connectivity index (χ1n) is 6.45. The van der Waals surface area contributed by atoms with Crippen molar-refractivity contribution in [3.05, 3.63) is 63.6 Å². The Morgan fingerprint density at radius 3 is 2.50 bits per heavy atom. The first-order chi connectivity index (χ1) is 9.56. The van der Waals surface area contributed by atoms with Gasteiger partial charge in [-0.15, -0.1) is 0 Å². The topological polar surface area (TPSA) is 29.4 Å². The van der Waals surface area contributed by atoms with Crippen molar-refractivity contribution in [2.45, 2.75) is 20.3 Å². The molecule has 0 saturated carbocycles. The first kappa shape index (κ1) is 14.7. The number of benzene rings is 2. The molecule has 2 nitrogen and oxygen atoms in total. The smallest absolute Gasteiger partial charge is 0.168 e. The number of ketones is 1. The number of nitrogens with zero attached hydrogens (tertiary/aromatic N) is 1. The Kier molecular flexibility index (Phi) is 4.85. The maximum atomic E-state index is 12.0. The highest BCUT2D eigenvalue weighted by molar-refractivity contribution is 9.10. The molecule has 102 valence electrons. The summed E-state index contributed by atoms with van der Waals surface area (Å²) in [5.74, 6) is 0.0750. The summed E-state index contributed by atoms with van der Waals surface area (Å²) in [6, 6.07) is 13.5. The summed E-state index contributed by atoms with van der Waals surface area (Å²) in [4.78, 5) is 16.4. The van der Waals surface area contributed by atoms with E-state index in [0.717, 1.165) is 15.7 Å². The second-order valence-corrected chi connectivity index (χ2v) is 5.65. The predicted octanol–water partition coefficient (Wildman–Crippen LogP) is 5.04. The highest BCUT2D eigenvalue weighted by atomic mass is 79.9. The number of Topliss-reactive ketones (excluding diaryl/α,β-unsaturated/α-hetero) is 1. The van der Waals surface area contributed by atoms with E-state index in [9.17, 15) is 4.79 Å². The number of halogens is 1. The van der Waals surface area contributed by atoms with Crippen LogP contribution in [0.25, 0.3) is 0 Å². The highest BCUT2D eigenvalue weighted by Gasteiger charge is 2.03. The fourth-order valence-electron chi connectivity index (χ4n) is 1.93.